The highest BCUT2D eigenvalue weighted by Gasteiger charge is 2.38. The molecule has 8 heteroatoms. The Kier molecular flexibility index (Phi) is 6.61. The maximum atomic E-state index is 14.6. The Morgan fingerprint density at radius 1 is 1.12 bits per heavy atom. The van der Waals surface area contributed by atoms with Gasteiger partial charge in [-0.2, -0.15) is 4.98 Å². The second kappa shape index (κ2) is 9.74. The van der Waals surface area contributed by atoms with Crippen molar-refractivity contribution >= 4 is 5.97 Å². The van der Waals surface area contributed by atoms with Crippen LogP contribution in [0.3, 0.4) is 0 Å². The third-order valence-corrected chi connectivity index (χ3v) is 5.16. The zero-order chi connectivity index (χ0) is 22.5. The number of esters is 1. The summed E-state index contributed by atoms with van der Waals surface area (Å²) in [5.74, 6) is -0.552. The van der Waals surface area contributed by atoms with Gasteiger partial charge in [-0.25, -0.2) is 9.18 Å². The molecule has 32 heavy (non-hydrogen) atoms. The number of nitrogens with zero attached hydrogens (tertiary/aromatic N) is 2. The molecule has 166 valence electrons. The van der Waals surface area contributed by atoms with Crippen molar-refractivity contribution in [3.63, 3.8) is 0 Å². The monoisotopic (exact) mass is 438 g/mol. The predicted octanol–water partition coefficient (Wildman–Crippen LogP) is 3.79. The average molecular weight is 438 g/mol. The second-order valence-electron chi connectivity index (χ2n) is 7.31. The Balaban J connectivity index is 1.37. The molecule has 1 fully saturated rings. The number of aromatic nitrogens is 2. The molecule has 1 aliphatic rings. The molecular weight excluding hydrogens is 415 g/mol. The van der Waals surface area contributed by atoms with E-state index in [0.717, 1.165) is 11.1 Å². The van der Waals surface area contributed by atoms with Gasteiger partial charge in [0.15, 0.2) is 0 Å². The van der Waals surface area contributed by atoms with Crippen LogP contribution in [0, 0.1) is 0 Å². The highest BCUT2D eigenvalue weighted by Crippen LogP contribution is 2.33. The minimum absolute atomic E-state index is 0.0264. The molecule has 7 nitrogen and oxygen atoms in total. The molecule has 1 aromatic heterocycles. The lowest BCUT2D eigenvalue weighted by Crippen LogP contribution is -2.26. The summed E-state index contributed by atoms with van der Waals surface area (Å²) in [7, 11) is 0. The minimum Gasteiger partial charge on any atom is -0.465 e. The molecule has 2 aromatic carbocycles. The van der Waals surface area contributed by atoms with E-state index in [4.69, 9.17) is 14.2 Å². The first-order chi connectivity index (χ1) is 15.5. The molecule has 2 heterocycles. The summed E-state index contributed by atoms with van der Waals surface area (Å²) in [6, 6.07) is 18.1. The van der Waals surface area contributed by atoms with Crippen LogP contribution in [0.4, 0.5) is 4.39 Å². The van der Waals surface area contributed by atoms with E-state index >= 15 is 0 Å². The molecule has 0 amide bonds. The van der Waals surface area contributed by atoms with Gasteiger partial charge in [0.1, 0.15) is 25.1 Å². The van der Waals surface area contributed by atoms with Crippen molar-refractivity contribution in [2.45, 2.75) is 31.8 Å². The number of ether oxygens (including phenoxy) is 3. The van der Waals surface area contributed by atoms with Gasteiger partial charge in [0, 0.05) is 18.7 Å². The molecule has 1 saturated heterocycles. The normalized spacial score (nSPS) is 20.1. The SMILES string of the molecule is CCOc1nc(=O)ccn1[C@H]1C[C@@H](F)[C@@H](COC(=O)c2ccc(-c3ccccc3)cc2)O1. The maximum absolute atomic E-state index is 14.6. The van der Waals surface area contributed by atoms with Crippen molar-refractivity contribution in [3.05, 3.63) is 82.8 Å². The van der Waals surface area contributed by atoms with Crippen molar-refractivity contribution in [1.29, 1.82) is 0 Å². The van der Waals surface area contributed by atoms with Gasteiger partial charge in [0.05, 0.1) is 12.2 Å². The molecular formula is C24H23FN2O5. The van der Waals surface area contributed by atoms with Crippen LogP contribution in [-0.4, -0.2) is 41.0 Å². The van der Waals surface area contributed by atoms with Crippen molar-refractivity contribution < 1.29 is 23.4 Å². The summed E-state index contributed by atoms with van der Waals surface area (Å²) in [5.41, 5.74) is 1.94. The average Bonchev–Trinajstić information content (AvgIpc) is 3.18. The zero-order valence-corrected chi connectivity index (χ0v) is 17.5. The lowest BCUT2D eigenvalue weighted by molar-refractivity contribution is -0.0454. The third-order valence-electron chi connectivity index (χ3n) is 5.16. The molecule has 1 aliphatic heterocycles. The molecule has 0 saturated carbocycles. The summed E-state index contributed by atoms with van der Waals surface area (Å²) < 4.78 is 32.4. The van der Waals surface area contributed by atoms with Gasteiger partial charge in [-0.1, -0.05) is 42.5 Å². The van der Waals surface area contributed by atoms with Crippen LogP contribution in [0.25, 0.3) is 11.1 Å². The van der Waals surface area contributed by atoms with E-state index in [1.54, 1.807) is 19.1 Å². The Morgan fingerprint density at radius 2 is 1.84 bits per heavy atom. The Bertz CT molecular complexity index is 1120. The van der Waals surface area contributed by atoms with Gasteiger partial charge >= 0.3 is 12.0 Å². The van der Waals surface area contributed by atoms with Crippen LogP contribution in [0.1, 0.15) is 29.9 Å². The lowest BCUT2D eigenvalue weighted by atomic mass is 10.0. The third kappa shape index (κ3) is 4.86. The fourth-order valence-electron chi connectivity index (χ4n) is 3.53. The number of hydrogen-bond donors (Lipinski definition) is 0. The summed E-state index contributed by atoms with van der Waals surface area (Å²) in [6.07, 6.45) is -1.50. The topological polar surface area (TPSA) is 79.6 Å². The number of carbonyl (C=O) groups excluding carboxylic acids is 1. The van der Waals surface area contributed by atoms with Crippen molar-refractivity contribution in [2.24, 2.45) is 0 Å². The number of benzene rings is 2. The fourth-order valence-corrected chi connectivity index (χ4v) is 3.53. The summed E-state index contributed by atoms with van der Waals surface area (Å²) in [6.45, 7) is 1.83. The van der Waals surface area contributed by atoms with E-state index in [2.05, 4.69) is 4.98 Å². The summed E-state index contributed by atoms with van der Waals surface area (Å²) in [5, 5.41) is 0. The molecule has 4 rings (SSSR count). The van der Waals surface area contributed by atoms with Crippen LogP contribution in [0.15, 0.2) is 71.7 Å². The van der Waals surface area contributed by atoms with Crippen molar-refractivity contribution in [3.8, 4) is 17.1 Å². The van der Waals surface area contributed by atoms with Gasteiger partial charge in [-0.3, -0.25) is 9.36 Å². The van der Waals surface area contributed by atoms with Crippen LogP contribution < -0.4 is 10.3 Å². The summed E-state index contributed by atoms with van der Waals surface area (Å²) >= 11 is 0. The molecule has 3 aromatic rings. The second-order valence-corrected chi connectivity index (χ2v) is 7.31. The molecule has 3 atom stereocenters. The standard InChI is InChI=1S/C24H23FN2O5/c1-2-30-24-26-21(28)12-13-27(24)22-14-19(25)20(32-22)15-31-23(29)18-10-8-17(9-11-18)16-6-4-3-5-7-16/h3-13,19-20,22H,2,14-15H2,1H3/t19-,20-,22-/m1/s1. The van der Waals surface area contributed by atoms with Gasteiger partial charge in [-0.05, 0) is 30.2 Å². The number of halogens is 1. The molecule has 0 aliphatic carbocycles. The Hall–Kier alpha value is -3.52. The predicted molar refractivity (Wildman–Crippen MR) is 115 cm³/mol. The van der Waals surface area contributed by atoms with Gasteiger partial charge in [-0.15, -0.1) is 0 Å². The van der Waals surface area contributed by atoms with Gasteiger partial charge in [0.2, 0.25) is 0 Å². The smallest absolute Gasteiger partial charge is 0.338 e. The summed E-state index contributed by atoms with van der Waals surface area (Å²) in [4.78, 5) is 27.7. The van der Waals surface area contributed by atoms with E-state index in [0.29, 0.717) is 12.2 Å². The lowest BCUT2D eigenvalue weighted by Gasteiger charge is -2.18. The first-order valence-corrected chi connectivity index (χ1v) is 10.4. The Morgan fingerprint density at radius 3 is 2.56 bits per heavy atom. The van der Waals surface area contributed by atoms with Crippen LogP contribution in [0.2, 0.25) is 0 Å². The zero-order valence-electron chi connectivity index (χ0n) is 17.5. The fraction of sp³-hybridized carbons (Fsp3) is 0.292. The minimum atomic E-state index is -1.35. The Labute approximate surface area is 184 Å². The molecule has 0 bridgehead atoms. The quantitative estimate of drug-likeness (QED) is 0.522. The number of carbonyl (C=O) groups is 1. The van der Waals surface area contributed by atoms with E-state index in [9.17, 15) is 14.0 Å². The van der Waals surface area contributed by atoms with E-state index < -0.39 is 30.0 Å². The van der Waals surface area contributed by atoms with Gasteiger partial charge < -0.3 is 14.2 Å². The molecule has 0 N–H and O–H groups in total. The molecule has 0 radical (unpaired) electrons. The highest BCUT2D eigenvalue weighted by molar-refractivity contribution is 5.90. The van der Waals surface area contributed by atoms with E-state index in [1.807, 2.05) is 42.5 Å². The number of alkyl halides is 1. The van der Waals surface area contributed by atoms with Gasteiger partial charge in [0.25, 0.3) is 5.56 Å². The van der Waals surface area contributed by atoms with Crippen LogP contribution in [-0.2, 0) is 9.47 Å². The molecule has 0 unspecified atom stereocenters. The molecule has 0 spiro atoms. The van der Waals surface area contributed by atoms with Crippen molar-refractivity contribution in [1.82, 2.24) is 9.55 Å². The van der Waals surface area contributed by atoms with E-state index in [-0.39, 0.29) is 19.0 Å². The largest absolute Gasteiger partial charge is 0.465 e. The maximum Gasteiger partial charge on any atom is 0.338 e. The van der Waals surface area contributed by atoms with Crippen molar-refractivity contribution in [2.75, 3.05) is 13.2 Å². The highest BCUT2D eigenvalue weighted by atomic mass is 19.1. The van der Waals surface area contributed by atoms with E-state index in [1.165, 1.54) is 16.8 Å². The number of rotatable bonds is 7. The first-order valence-electron chi connectivity index (χ1n) is 10.4. The van der Waals surface area contributed by atoms with Crippen LogP contribution >= 0.6 is 0 Å². The number of hydrogen-bond acceptors (Lipinski definition) is 6. The van der Waals surface area contributed by atoms with Crippen LogP contribution in [0.5, 0.6) is 6.01 Å². The first kappa shape index (κ1) is 21.7.